The quantitative estimate of drug-likeness (QED) is 0.398. The first-order valence-corrected chi connectivity index (χ1v) is 14.0. The standard InChI is InChI=1S/C32H40O8/c1-17-8-12-24(39-28(17)36)32(7,37)27-23(34)16-30(5)22-11-10-21-19(9-13-26(35)40-29(21,3)4)14-20(22)15-25(31(27,30)6)38-18(2)33/h8-11,13-14,21,23-25,27,34,37H,12,15-16H2,1-7H3. The minimum Gasteiger partial charge on any atom is -0.462 e. The Bertz CT molecular complexity index is 1310. The summed E-state index contributed by atoms with van der Waals surface area (Å²) < 4.78 is 17.4. The van der Waals surface area contributed by atoms with Gasteiger partial charge in [-0.2, -0.15) is 0 Å². The lowest BCUT2D eigenvalue weighted by molar-refractivity contribution is -0.205. The van der Waals surface area contributed by atoms with E-state index in [1.165, 1.54) is 13.0 Å². The number of rotatable bonds is 3. The maximum absolute atomic E-state index is 12.5. The average molecular weight is 553 g/mol. The molecule has 0 aromatic heterocycles. The van der Waals surface area contributed by atoms with E-state index >= 15 is 0 Å². The first kappa shape index (κ1) is 28.6. The molecule has 8 unspecified atom stereocenters. The van der Waals surface area contributed by atoms with Crippen LogP contribution in [0.5, 0.6) is 0 Å². The predicted octanol–water partition coefficient (Wildman–Crippen LogP) is 4.03. The van der Waals surface area contributed by atoms with E-state index < -0.39 is 64.2 Å². The van der Waals surface area contributed by atoms with Gasteiger partial charge >= 0.3 is 17.9 Å². The van der Waals surface area contributed by atoms with Gasteiger partial charge < -0.3 is 24.4 Å². The predicted molar refractivity (Wildman–Crippen MR) is 146 cm³/mol. The Morgan fingerprint density at radius 1 is 1.15 bits per heavy atom. The van der Waals surface area contributed by atoms with Gasteiger partial charge in [0.25, 0.3) is 0 Å². The van der Waals surface area contributed by atoms with E-state index in [-0.39, 0.29) is 5.92 Å². The molecule has 0 bridgehead atoms. The number of hydrogen-bond donors (Lipinski definition) is 2. The fraction of sp³-hybridized carbons (Fsp3) is 0.594. The Labute approximate surface area is 235 Å². The Morgan fingerprint density at radius 2 is 1.85 bits per heavy atom. The smallest absolute Gasteiger partial charge is 0.333 e. The molecular formula is C32H40O8. The number of aliphatic hydroxyl groups excluding tert-OH is 1. The van der Waals surface area contributed by atoms with Crippen molar-refractivity contribution in [2.24, 2.45) is 22.7 Å². The lowest BCUT2D eigenvalue weighted by Gasteiger charge is -2.56. The summed E-state index contributed by atoms with van der Waals surface area (Å²) in [6.45, 7) is 12.4. The molecule has 40 heavy (non-hydrogen) atoms. The molecule has 5 rings (SSSR count). The molecule has 3 aliphatic carbocycles. The third kappa shape index (κ3) is 4.14. The van der Waals surface area contributed by atoms with E-state index in [0.717, 1.165) is 16.7 Å². The molecule has 8 heteroatoms. The second-order valence-corrected chi connectivity index (χ2v) is 13.2. The highest BCUT2D eigenvalue weighted by atomic mass is 16.6. The molecule has 8 nitrogen and oxygen atoms in total. The van der Waals surface area contributed by atoms with Crippen LogP contribution in [0.15, 0.2) is 58.7 Å². The molecule has 0 saturated heterocycles. The van der Waals surface area contributed by atoms with Crippen molar-refractivity contribution in [3.63, 3.8) is 0 Å². The van der Waals surface area contributed by atoms with Crippen LogP contribution in [0.1, 0.15) is 67.7 Å². The van der Waals surface area contributed by atoms with E-state index in [4.69, 9.17) is 14.2 Å². The van der Waals surface area contributed by atoms with Crippen molar-refractivity contribution in [1.82, 2.24) is 0 Å². The molecule has 8 atom stereocenters. The van der Waals surface area contributed by atoms with E-state index in [1.54, 1.807) is 26.0 Å². The first-order valence-electron chi connectivity index (χ1n) is 14.0. The van der Waals surface area contributed by atoms with Crippen molar-refractivity contribution in [2.75, 3.05) is 0 Å². The fourth-order valence-corrected chi connectivity index (χ4v) is 8.22. The Kier molecular flexibility index (Phi) is 6.62. The molecule has 0 amide bonds. The summed E-state index contributed by atoms with van der Waals surface area (Å²) >= 11 is 0. The van der Waals surface area contributed by atoms with Crippen molar-refractivity contribution in [3.8, 4) is 0 Å². The van der Waals surface area contributed by atoms with Crippen LogP contribution in [-0.4, -0.2) is 57.6 Å². The third-order valence-corrected chi connectivity index (χ3v) is 10.3. The molecule has 0 aromatic carbocycles. The van der Waals surface area contributed by atoms with Crippen molar-refractivity contribution < 1.29 is 38.8 Å². The SMILES string of the molecule is CC(=O)OC1CC2=C(C=CC3C(=C2)C=CC(=O)OC3(C)C)C2(C)CC(O)C(C(C)(O)C3CC=C(C)C(=O)O3)C12C. The molecule has 1 saturated carbocycles. The Morgan fingerprint density at radius 3 is 2.50 bits per heavy atom. The number of allylic oxidation sites excluding steroid dienone is 4. The van der Waals surface area contributed by atoms with Gasteiger partial charge in [-0.25, -0.2) is 9.59 Å². The molecule has 2 heterocycles. The van der Waals surface area contributed by atoms with E-state index in [0.29, 0.717) is 24.8 Å². The number of fused-ring (bicyclic) bond motifs is 3. The van der Waals surface area contributed by atoms with E-state index in [2.05, 4.69) is 19.1 Å². The van der Waals surface area contributed by atoms with Crippen LogP contribution in [-0.2, 0) is 28.6 Å². The molecule has 0 radical (unpaired) electrons. The molecule has 1 fully saturated rings. The molecule has 216 valence electrons. The minimum atomic E-state index is -1.62. The number of carbonyl (C=O) groups excluding carboxylic acids is 3. The zero-order chi connectivity index (χ0) is 29.4. The van der Waals surface area contributed by atoms with Gasteiger partial charge in [0.05, 0.1) is 6.10 Å². The van der Waals surface area contributed by atoms with Gasteiger partial charge in [0, 0.05) is 54.1 Å². The molecule has 0 spiro atoms. The highest BCUT2D eigenvalue weighted by Gasteiger charge is 2.71. The summed E-state index contributed by atoms with van der Waals surface area (Å²) in [5.41, 5.74) is -0.729. The number of aliphatic hydroxyl groups is 2. The van der Waals surface area contributed by atoms with Crippen LogP contribution in [0.3, 0.4) is 0 Å². The second-order valence-electron chi connectivity index (χ2n) is 13.2. The maximum Gasteiger partial charge on any atom is 0.333 e. The lowest BCUT2D eigenvalue weighted by atomic mass is 9.51. The highest BCUT2D eigenvalue weighted by Crippen LogP contribution is 2.69. The summed E-state index contributed by atoms with van der Waals surface area (Å²) in [4.78, 5) is 37.1. The number of hydrogen-bond acceptors (Lipinski definition) is 8. The van der Waals surface area contributed by atoms with Gasteiger partial charge in [-0.1, -0.05) is 44.2 Å². The van der Waals surface area contributed by atoms with Crippen LogP contribution >= 0.6 is 0 Å². The maximum atomic E-state index is 12.5. The number of carbonyl (C=O) groups is 3. The number of esters is 3. The van der Waals surface area contributed by atoms with Crippen molar-refractivity contribution in [2.45, 2.75) is 97.2 Å². The summed E-state index contributed by atoms with van der Waals surface area (Å²) in [6.07, 6.45) is 9.59. The Hall–Kier alpha value is -2.97. The van der Waals surface area contributed by atoms with Crippen molar-refractivity contribution in [3.05, 3.63) is 58.7 Å². The Balaban J connectivity index is 1.66. The van der Waals surface area contributed by atoms with Crippen LogP contribution < -0.4 is 0 Å². The van der Waals surface area contributed by atoms with Gasteiger partial charge in [-0.15, -0.1) is 0 Å². The van der Waals surface area contributed by atoms with Gasteiger partial charge in [0.1, 0.15) is 23.4 Å². The molecule has 5 aliphatic rings. The number of cyclic esters (lactones) is 2. The molecule has 0 aromatic rings. The summed E-state index contributed by atoms with van der Waals surface area (Å²) in [6, 6.07) is 0. The van der Waals surface area contributed by atoms with Crippen LogP contribution in [0.25, 0.3) is 0 Å². The van der Waals surface area contributed by atoms with Gasteiger partial charge in [-0.3, -0.25) is 4.79 Å². The van der Waals surface area contributed by atoms with Crippen molar-refractivity contribution >= 4 is 17.9 Å². The largest absolute Gasteiger partial charge is 0.462 e. The highest BCUT2D eigenvalue weighted by molar-refractivity contribution is 5.88. The van der Waals surface area contributed by atoms with Crippen LogP contribution in [0, 0.1) is 22.7 Å². The summed E-state index contributed by atoms with van der Waals surface area (Å²) in [5.74, 6) is -2.34. The normalized spacial score (nSPS) is 39.8. The fourth-order valence-electron chi connectivity index (χ4n) is 8.22. The molecule has 2 N–H and O–H groups in total. The van der Waals surface area contributed by atoms with Crippen molar-refractivity contribution in [1.29, 1.82) is 0 Å². The summed E-state index contributed by atoms with van der Waals surface area (Å²) in [7, 11) is 0. The topological polar surface area (TPSA) is 119 Å². The van der Waals surface area contributed by atoms with Crippen LogP contribution in [0.4, 0.5) is 0 Å². The summed E-state index contributed by atoms with van der Waals surface area (Å²) in [5, 5.41) is 23.8. The molecular weight excluding hydrogens is 512 g/mol. The zero-order valence-corrected chi connectivity index (χ0v) is 24.3. The zero-order valence-electron chi connectivity index (χ0n) is 24.3. The first-order chi connectivity index (χ1) is 18.5. The third-order valence-electron chi connectivity index (χ3n) is 10.3. The minimum absolute atomic E-state index is 0.218. The number of ether oxygens (including phenoxy) is 3. The molecule has 2 aliphatic heterocycles. The lowest BCUT2D eigenvalue weighted by Crippen LogP contribution is -2.62. The van der Waals surface area contributed by atoms with E-state index in [1.807, 2.05) is 26.8 Å². The van der Waals surface area contributed by atoms with Gasteiger partial charge in [0.2, 0.25) is 0 Å². The van der Waals surface area contributed by atoms with Crippen LogP contribution in [0.2, 0.25) is 0 Å². The van der Waals surface area contributed by atoms with Gasteiger partial charge in [-0.05, 0) is 50.8 Å². The average Bonchev–Trinajstić information content (AvgIpc) is 2.93. The van der Waals surface area contributed by atoms with E-state index in [9.17, 15) is 24.6 Å². The monoisotopic (exact) mass is 552 g/mol. The van der Waals surface area contributed by atoms with Gasteiger partial charge in [0.15, 0.2) is 0 Å². The second kappa shape index (κ2) is 9.28.